The van der Waals surface area contributed by atoms with Gasteiger partial charge < -0.3 is 14.5 Å². The summed E-state index contributed by atoms with van der Waals surface area (Å²) in [6.45, 7) is 7.41. The second kappa shape index (κ2) is 8.98. The van der Waals surface area contributed by atoms with Gasteiger partial charge in [0.2, 0.25) is 5.91 Å². The fraction of sp³-hybridized carbons (Fsp3) is 0.375. The average molecular weight is 410 g/mol. The predicted octanol–water partition coefficient (Wildman–Crippen LogP) is 3.92. The fourth-order valence-corrected chi connectivity index (χ4v) is 4.00. The molecule has 1 aromatic heterocycles. The van der Waals surface area contributed by atoms with Crippen LogP contribution in [0.1, 0.15) is 28.3 Å². The Morgan fingerprint density at radius 1 is 1.13 bits per heavy atom. The monoisotopic (exact) mass is 410 g/mol. The Morgan fingerprint density at radius 3 is 2.60 bits per heavy atom. The third-order valence-corrected chi connectivity index (χ3v) is 5.93. The van der Waals surface area contributed by atoms with Gasteiger partial charge in [-0.2, -0.15) is 0 Å². The largest absolute Gasteiger partial charge is 0.464 e. The number of hydrogen-bond acceptors (Lipinski definition) is 4. The highest BCUT2D eigenvalue weighted by Crippen LogP contribution is 2.27. The molecule has 1 N–H and O–H groups in total. The van der Waals surface area contributed by atoms with Crippen LogP contribution in [0.4, 0.5) is 4.39 Å². The minimum absolute atomic E-state index is 0.0237. The van der Waals surface area contributed by atoms with E-state index in [1.54, 1.807) is 18.4 Å². The summed E-state index contributed by atoms with van der Waals surface area (Å²) < 4.78 is 24.6. The van der Waals surface area contributed by atoms with E-state index >= 15 is 0 Å². The van der Waals surface area contributed by atoms with E-state index < -0.39 is 0 Å². The second-order valence-electron chi connectivity index (χ2n) is 7.84. The standard InChI is InChI=1S/C24H27FN2O3/c1-16-3-8-21-19(15-30-24(21)17(16)2)13-23(28)26-14-22(27-9-11-29-12-10-27)18-4-6-20(25)7-5-18/h3-8,15,22H,9-14H2,1-2H3,(H,26,28)/t22-/m1/s1. The van der Waals surface area contributed by atoms with Crippen molar-refractivity contribution in [1.29, 1.82) is 0 Å². The second-order valence-corrected chi connectivity index (χ2v) is 7.84. The summed E-state index contributed by atoms with van der Waals surface area (Å²) in [6.07, 6.45) is 1.94. The molecule has 1 aliphatic heterocycles. The predicted molar refractivity (Wildman–Crippen MR) is 114 cm³/mol. The Morgan fingerprint density at radius 2 is 1.87 bits per heavy atom. The average Bonchev–Trinajstić information content (AvgIpc) is 3.16. The van der Waals surface area contributed by atoms with E-state index in [0.717, 1.165) is 40.7 Å². The highest BCUT2D eigenvalue weighted by molar-refractivity contribution is 5.89. The minimum Gasteiger partial charge on any atom is -0.464 e. The lowest BCUT2D eigenvalue weighted by Crippen LogP contribution is -2.44. The molecule has 4 rings (SSSR count). The van der Waals surface area contributed by atoms with Crippen molar-refractivity contribution in [3.05, 3.63) is 70.7 Å². The van der Waals surface area contributed by atoms with Gasteiger partial charge in [0, 0.05) is 30.6 Å². The number of nitrogens with one attached hydrogen (secondary N) is 1. The molecule has 5 nitrogen and oxygen atoms in total. The Kier molecular flexibility index (Phi) is 6.16. The number of furan rings is 1. The van der Waals surface area contributed by atoms with Crippen LogP contribution in [-0.2, 0) is 16.0 Å². The van der Waals surface area contributed by atoms with Gasteiger partial charge in [-0.05, 0) is 42.7 Å². The van der Waals surface area contributed by atoms with Gasteiger partial charge in [0.15, 0.2) is 0 Å². The number of rotatable bonds is 6. The third kappa shape index (κ3) is 4.40. The molecule has 0 unspecified atom stereocenters. The zero-order chi connectivity index (χ0) is 21.1. The molecule has 0 saturated carbocycles. The number of fused-ring (bicyclic) bond motifs is 1. The van der Waals surface area contributed by atoms with Crippen molar-refractivity contribution in [1.82, 2.24) is 10.2 Å². The molecule has 1 fully saturated rings. The number of aryl methyl sites for hydroxylation is 2. The van der Waals surface area contributed by atoms with E-state index in [1.165, 1.54) is 17.7 Å². The van der Waals surface area contributed by atoms with Gasteiger partial charge in [-0.3, -0.25) is 9.69 Å². The van der Waals surface area contributed by atoms with Crippen LogP contribution < -0.4 is 5.32 Å². The molecule has 0 bridgehead atoms. The molecular weight excluding hydrogens is 383 g/mol. The first-order chi connectivity index (χ1) is 14.5. The van der Waals surface area contributed by atoms with Crippen molar-refractivity contribution >= 4 is 16.9 Å². The summed E-state index contributed by atoms with van der Waals surface area (Å²) >= 11 is 0. The topological polar surface area (TPSA) is 54.7 Å². The molecule has 1 saturated heterocycles. The first-order valence-corrected chi connectivity index (χ1v) is 10.3. The molecule has 6 heteroatoms. The highest BCUT2D eigenvalue weighted by Gasteiger charge is 2.23. The van der Waals surface area contributed by atoms with Crippen molar-refractivity contribution in [2.45, 2.75) is 26.3 Å². The molecule has 2 heterocycles. The first kappa shape index (κ1) is 20.6. The number of hydrogen-bond donors (Lipinski definition) is 1. The maximum absolute atomic E-state index is 13.4. The van der Waals surface area contributed by atoms with Crippen LogP contribution in [0.15, 0.2) is 47.1 Å². The lowest BCUT2D eigenvalue weighted by Gasteiger charge is -2.35. The van der Waals surface area contributed by atoms with Crippen molar-refractivity contribution in [2.24, 2.45) is 0 Å². The molecule has 1 aliphatic rings. The summed E-state index contributed by atoms with van der Waals surface area (Å²) in [6, 6.07) is 10.5. The molecule has 158 valence electrons. The SMILES string of the molecule is Cc1ccc2c(CC(=O)NC[C@H](c3ccc(F)cc3)N3CCOCC3)coc2c1C. The van der Waals surface area contributed by atoms with Crippen molar-refractivity contribution in [3.8, 4) is 0 Å². The zero-order valence-electron chi connectivity index (χ0n) is 17.4. The van der Waals surface area contributed by atoms with Crippen LogP contribution in [0.5, 0.6) is 0 Å². The molecule has 3 aromatic rings. The number of carbonyl (C=O) groups excluding carboxylic acids is 1. The molecule has 1 amide bonds. The smallest absolute Gasteiger partial charge is 0.224 e. The number of morpholine rings is 1. The lowest BCUT2D eigenvalue weighted by molar-refractivity contribution is -0.120. The van der Waals surface area contributed by atoms with E-state index in [9.17, 15) is 9.18 Å². The van der Waals surface area contributed by atoms with Gasteiger partial charge in [-0.15, -0.1) is 0 Å². The first-order valence-electron chi connectivity index (χ1n) is 10.3. The van der Waals surface area contributed by atoms with Crippen molar-refractivity contribution in [3.63, 3.8) is 0 Å². The van der Waals surface area contributed by atoms with Crippen LogP contribution in [0.25, 0.3) is 11.0 Å². The van der Waals surface area contributed by atoms with Gasteiger partial charge >= 0.3 is 0 Å². The highest BCUT2D eigenvalue weighted by atomic mass is 19.1. The molecular formula is C24H27FN2O3. The van der Waals surface area contributed by atoms with E-state index in [2.05, 4.69) is 16.3 Å². The van der Waals surface area contributed by atoms with Gasteiger partial charge in [-0.25, -0.2) is 4.39 Å². The molecule has 0 radical (unpaired) electrons. The third-order valence-electron chi connectivity index (χ3n) is 5.93. The van der Waals surface area contributed by atoms with Gasteiger partial charge in [0.05, 0.1) is 31.9 Å². The van der Waals surface area contributed by atoms with E-state index in [4.69, 9.17) is 9.15 Å². The Balaban J connectivity index is 1.46. The number of nitrogens with zero attached hydrogens (tertiary/aromatic N) is 1. The summed E-state index contributed by atoms with van der Waals surface area (Å²) in [5.74, 6) is -0.322. The van der Waals surface area contributed by atoms with E-state index in [0.29, 0.717) is 19.8 Å². The lowest BCUT2D eigenvalue weighted by atomic mass is 10.0. The number of ether oxygens (including phenoxy) is 1. The maximum atomic E-state index is 13.4. The number of amides is 1. The van der Waals surface area contributed by atoms with Crippen molar-refractivity contribution in [2.75, 3.05) is 32.8 Å². The molecule has 1 atom stereocenters. The van der Waals surface area contributed by atoms with Crippen LogP contribution in [0.3, 0.4) is 0 Å². The molecule has 0 aliphatic carbocycles. The van der Waals surface area contributed by atoms with Crippen molar-refractivity contribution < 1.29 is 18.3 Å². The summed E-state index contributed by atoms with van der Waals surface area (Å²) in [5.41, 5.74) is 4.98. The van der Waals surface area contributed by atoms with Crippen LogP contribution >= 0.6 is 0 Å². The normalized spacial score (nSPS) is 16.0. The van der Waals surface area contributed by atoms with E-state index in [-0.39, 0.29) is 24.2 Å². The molecule has 30 heavy (non-hydrogen) atoms. The summed E-state index contributed by atoms with van der Waals surface area (Å²) in [5, 5.41) is 4.05. The van der Waals surface area contributed by atoms with Gasteiger partial charge in [-0.1, -0.05) is 24.3 Å². The zero-order valence-corrected chi connectivity index (χ0v) is 17.4. The molecule has 2 aromatic carbocycles. The van der Waals surface area contributed by atoms with Crippen LogP contribution in [-0.4, -0.2) is 43.7 Å². The Bertz CT molecular complexity index is 1020. The Labute approximate surface area is 175 Å². The number of carbonyl (C=O) groups is 1. The quantitative estimate of drug-likeness (QED) is 0.669. The van der Waals surface area contributed by atoms with Gasteiger partial charge in [0.25, 0.3) is 0 Å². The van der Waals surface area contributed by atoms with Gasteiger partial charge in [0.1, 0.15) is 11.4 Å². The summed E-state index contributed by atoms with van der Waals surface area (Å²) in [4.78, 5) is 15.0. The van der Waals surface area contributed by atoms with Crippen LogP contribution in [0.2, 0.25) is 0 Å². The minimum atomic E-state index is -0.263. The Hall–Kier alpha value is -2.70. The molecule has 0 spiro atoms. The van der Waals surface area contributed by atoms with Crippen LogP contribution in [0, 0.1) is 19.7 Å². The number of halogens is 1. The van der Waals surface area contributed by atoms with E-state index in [1.807, 2.05) is 19.9 Å². The number of benzene rings is 2. The summed E-state index contributed by atoms with van der Waals surface area (Å²) in [7, 11) is 0. The fourth-order valence-electron chi connectivity index (χ4n) is 4.00. The maximum Gasteiger partial charge on any atom is 0.224 e.